The van der Waals surface area contributed by atoms with Crippen molar-refractivity contribution in [2.24, 2.45) is 0 Å². The number of hydrogen-bond acceptors (Lipinski definition) is 3. The van der Waals surface area contributed by atoms with Crippen LogP contribution in [0.25, 0.3) is 0 Å². The fourth-order valence-electron chi connectivity index (χ4n) is 2.86. The third-order valence-electron chi connectivity index (χ3n) is 4.44. The van der Waals surface area contributed by atoms with Gasteiger partial charge in [0.05, 0.1) is 0 Å². The first kappa shape index (κ1) is 15.6. The molecule has 0 amide bonds. The Morgan fingerprint density at radius 2 is 1.95 bits per heavy atom. The molecule has 2 rings (SSSR count). The van der Waals surface area contributed by atoms with Crippen LogP contribution in [0, 0.1) is 0 Å². The molecule has 1 fully saturated rings. The Labute approximate surface area is 127 Å². The SMILES string of the molecule is CNC(C)c1ccc(N2CCC(N(C)C)CC2)cc1Cl. The summed E-state index contributed by atoms with van der Waals surface area (Å²) in [7, 11) is 6.30. The zero-order valence-electron chi connectivity index (χ0n) is 13.0. The van der Waals surface area contributed by atoms with E-state index < -0.39 is 0 Å². The van der Waals surface area contributed by atoms with Gasteiger partial charge in [-0.3, -0.25) is 0 Å². The molecule has 1 unspecified atom stereocenters. The second-order valence-corrected chi connectivity index (χ2v) is 6.31. The van der Waals surface area contributed by atoms with E-state index in [0.29, 0.717) is 6.04 Å². The van der Waals surface area contributed by atoms with E-state index in [4.69, 9.17) is 11.6 Å². The van der Waals surface area contributed by atoms with Crippen molar-refractivity contribution in [1.82, 2.24) is 10.2 Å². The molecule has 1 atom stereocenters. The lowest BCUT2D eigenvalue weighted by Gasteiger charge is -2.36. The molecule has 1 aliphatic rings. The molecule has 1 N–H and O–H groups in total. The predicted molar refractivity (Wildman–Crippen MR) is 87.8 cm³/mol. The van der Waals surface area contributed by atoms with Crippen LogP contribution >= 0.6 is 11.6 Å². The van der Waals surface area contributed by atoms with Crippen LogP contribution in [0.5, 0.6) is 0 Å². The molecular weight excluding hydrogens is 270 g/mol. The van der Waals surface area contributed by atoms with Crippen LogP contribution in [0.2, 0.25) is 5.02 Å². The van der Waals surface area contributed by atoms with Crippen molar-refractivity contribution in [1.29, 1.82) is 0 Å². The Hall–Kier alpha value is -0.770. The molecule has 0 aromatic heterocycles. The fraction of sp³-hybridized carbons (Fsp3) is 0.625. The largest absolute Gasteiger partial charge is 0.371 e. The Morgan fingerprint density at radius 1 is 1.30 bits per heavy atom. The van der Waals surface area contributed by atoms with E-state index in [9.17, 15) is 0 Å². The van der Waals surface area contributed by atoms with Gasteiger partial charge in [-0.25, -0.2) is 0 Å². The van der Waals surface area contributed by atoms with Crippen molar-refractivity contribution in [2.45, 2.75) is 31.8 Å². The number of rotatable bonds is 4. The number of nitrogens with one attached hydrogen (secondary N) is 1. The molecule has 20 heavy (non-hydrogen) atoms. The highest BCUT2D eigenvalue weighted by Gasteiger charge is 2.21. The second kappa shape index (κ2) is 6.79. The standard InChI is InChI=1S/C16H26ClN3/c1-12(18-2)15-6-5-14(11-16(15)17)20-9-7-13(8-10-20)19(3)4/h5-6,11-13,18H,7-10H2,1-4H3. The number of halogens is 1. The second-order valence-electron chi connectivity index (χ2n) is 5.90. The molecule has 4 heteroatoms. The van der Waals surface area contributed by atoms with Crippen molar-refractivity contribution in [3.8, 4) is 0 Å². The number of anilines is 1. The van der Waals surface area contributed by atoms with Gasteiger partial charge in [-0.05, 0) is 58.6 Å². The maximum absolute atomic E-state index is 6.43. The van der Waals surface area contributed by atoms with Crippen LogP contribution in [0.15, 0.2) is 18.2 Å². The van der Waals surface area contributed by atoms with Gasteiger partial charge in [-0.2, -0.15) is 0 Å². The monoisotopic (exact) mass is 295 g/mol. The van der Waals surface area contributed by atoms with Crippen LogP contribution in [0.4, 0.5) is 5.69 Å². The quantitative estimate of drug-likeness (QED) is 0.920. The summed E-state index contributed by atoms with van der Waals surface area (Å²) in [5, 5.41) is 4.10. The third kappa shape index (κ3) is 3.46. The molecule has 1 aromatic carbocycles. The van der Waals surface area contributed by atoms with E-state index in [0.717, 1.165) is 18.1 Å². The van der Waals surface area contributed by atoms with Gasteiger partial charge >= 0.3 is 0 Å². The zero-order valence-corrected chi connectivity index (χ0v) is 13.7. The Bertz CT molecular complexity index is 439. The van der Waals surface area contributed by atoms with Gasteiger partial charge in [0.2, 0.25) is 0 Å². The van der Waals surface area contributed by atoms with Crippen molar-refractivity contribution >= 4 is 17.3 Å². The van der Waals surface area contributed by atoms with Gasteiger partial charge in [-0.1, -0.05) is 17.7 Å². The third-order valence-corrected chi connectivity index (χ3v) is 4.77. The molecule has 0 aliphatic carbocycles. The Morgan fingerprint density at radius 3 is 2.45 bits per heavy atom. The van der Waals surface area contributed by atoms with Crippen LogP contribution in [-0.4, -0.2) is 45.2 Å². The number of benzene rings is 1. The lowest BCUT2D eigenvalue weighted by Crippen LogP contribution is -2.42. The van der Waals surface area contributed by atoms with Crippen LogP contribution in [-0.2, 0) is 0 Å². The molecule has 0 saturated carbocycles. The van der Waals surface area contributed by atoms with E-state index in [1.807, 2.05) is 7.05 Å². The van der Waals surface area contributed by atoms with E-state index in [-0.39, 0.29) is 6.04 Å². The molecule has 1 aliphatic heterocycles. The number of nitrogens with zero attached hydrogens (tertiary/aromatic N) is 2. The zero-order chi connectivity index (χ0) is 14.7. The normalized spacial score (nSPS) is 18.6. The highest BCUT2D eigenvalue weighted by atomic mass is 35.5. The summed E-state index contributed by atoms with van der Waals surface area (Å²) >= 11 is 6.43. The molecule has 1 saturated heterocycles. The molecule has 0 spiro atoms. The Kier molecular flexibility index (Phi) is 5.30. The number of hydrogen-bond donors (Lipinski definition) is 1. The molecule has 112 valence electrons. The molecule has 3 nitrogen and oxygen atoms in total. The summed E-state index contributed by atoms with van der Waals surface area (Å²) in [5.74, 6) is 0. The Balaban J connectivity index is 2.06. The number of piperidine rings is 1. The van der Waals surface area contributed by atoms with E-state index in [2.05, 4.69) is 54.3 Å². The highest BCUT2D eigenvalue weighted by Crippen LogP contribution is 2.29. The predicted octanol–water partition coefficient (Wildman–Crippen LogP) is 3.15. The summed E-state index contributed by atoms with van der Waals surface area (Å²) in [5.41, 5.74) is 2.42. The fourth-order valence-corrected chi connectivity index (χ4v) is 3.20. The minimum absolute atomic E-state index is 0.288. The van der Waals surface area contributed by atoms with Crippen molar-refractivity contribution in [3.63, 3.8) is 0 Å². The average molecular weight is 296 g/mol. The summed E-state index contributed by atoms with van der Waals surface area (Å²) in [4.78, 5) is 4.78. The smallest absolute Gasteiger partial charge is 0.0474 e. The molecule has 0 radical (unpaired) electrons. The van der Waals surface area contributed by atoms with E-state index in [1.165, 1.54) is 24.1 Å². The van der Waals surface area contributed by atoms with E-state index >= 15 is 0 Å². The van der Waals surface area contributed by atoms with Crippen molar-refractivity contribution in [3.05, 3.63) is 28.8 Å². The molecule has 1 heterocycles. The molecule has 1 aromatic rings. The van der Waals surface area contributed by atoms with Gasteiger partial charge in [0.1, 0.15) is 0 Å². The summed E-state index contributed by atoms with van der Waals surface area (Å²) < 4.78 is 0. The average Bonchev–Trinajstić information content (AvgIpc) is 2.46. The van der Waals surface area contributed by atoms with Crippen LogP contribution in [0.1, 0.15) is 31.4 Å². The van der Waals surface area contributed by atoms with Gasteiger partial charge < -0.3 is 15.1 Å². The summed E-state index contributed by atoms with van der Waals surface area (Å²) in [6.45, 7) is 4.35. The first-order valence-electron chi connectivity index (χ1n) is 7.41. The minimum atomic E-state index is 0.288. The van der Waals surface area contributed by atoms with Gasteiger partial charge in [-0.15, -0.1) is 0 Å². The molecule has 0 bridgehead atoms. The van der Waals surface area contributed by atoms with E-state index in [1.54, 1.807) is 0 Å². The van der Waals surface area contributed by atoms with Crippen molar-refractivity contribution in [2.75, 3.05) is 39.1 Å². The maximum atomic E-state index is 6.43. The van der Waals surface area contributed by atoms with Gasteiger partial charge in [0, 0.05) is 35.9 Å². The summed E-state index contributed by atoms with van der Waals surface area (Å²) in [6.07, 6.45) is 2.44. The van der Waals surface area contributed by atoms with Crippen LogP contribution in [0.3, 0.4) is 0 Å². The van der Waals surface area contributed by atoms with Crippen LogP contribution < -0.4 is 10.2 Å². The topological polar surface area (TPSA) is 18.5 Å². The lowest BCUT2D eigenvalue weighted by atomic mass is 10.0. The summed E-state index contributed by atoms with van der Waals surface area (Å²) in [6, 6.07) is 7.46. The first-order chi connectivity index (χ1) is 9.52. The minimum Gasteiger partial charge on any atom is -0.371 e. The van der Waals surface area contributed by atoms with Gasteiger partial charge in [0.15, 0.2) is 0 Å². The highest BCUT2D eigenvalue weighted by molar-refractivity contribution is 6.31. The molecular formula is C16H26ClN3. The maximum Gasteiger partial charge on any atom is 0.0474 e. The van der Waals surface area contributed by atoms with Gasteiger partial charge in [0.25, 0.3) is 0 Å². The first-order valence-corrected chi connectivity index (χ1v) is 7.78. The lowest BCUT2D eigenvalue weighted by molar-refractivity contribution is 0.249. The van der Waals surface area contributed by atoms with Crippen molar-refractivity contribution < 1.29 is 0 Å².